The van der Waals surface area contributed by atoms with E-state index in [9.17, 15) is 14.4 Å². The lowest BCUT2D eigenvalue weighted by Gasteiger charge is -2.31. The highest BCUT2D eigenvalue weighted by molar-refractivity contribution is 5.90. The average Bonchev–Trinajstić information content (AvgIpc) is 2.03. The second-order valence-corrected chi connectivity index (χ2v) is 2.81. The summed E-state index contributed by atoms with van der Waals surface area (Å²) in [6, 6.07) is -0.935. The van der Waals surface area contributed by atoms with Crippen LogP contribution in [0.3, 0.4) is 0 Å². The minimum Gasteiger partial charge on any atom is -0.480 e. The van der Waals surface area contributed by atoms with Crippen LogP contribution in [-0.2, 0) is 14.4 Å². The SMILES string of the molecule is CC(=O)N1CC(=O)NCC1C(=O)O. The van der Waals surface area contributed by atoms with Crippen molar-refractivity contribution in [2.24, 2.45) is 0 Å². The van der Waals surface area contributed by atoms with Crippen molar-refractivity contribution >= 4 is 17.8 Å². The van der Waals surface area contributed by atoms with Gasteiger partial charge in [0.15, 0.2) is 0 Å². The van der Waals surface area contributed by atoms with Crippen LogP contribution < -0.4 is 5.32 Å². The predicted molar refractivity (Wildman–Crippen MR) is 41.8 cm³/mol. The molecule has 6 heteroatoms. The molecule has 2 amide bonds. The van der Waals surface area contributed by atoms with Gasteiger partial charge in [-0.15, -0.1) is 0 Å². The van der Waals surface area contributed by atoms with E-state index in [1.54, 1.807) is 0 Å². The van der Waals surface area contributed by atoms with Gasteiger partial charge >= 0.3 is 5.97 Å². The molecule has 0 aliphatic carbocycles. The minimum absolute atomic E-state index is 0.0201. The van der Waals surface area contributed by atoms with Gasteiger partial charge in [0.2, 0.25) is 11.8 Å². The summed E-state index contributed by atoms with van der Waals surface area (Å²) in [5, 5.41) is 11.1. The largest absolute Gasteiger partial charge is 0.480 e. The highest BCUT2D eigenvalue weighted by atomic mass is 16.4. The number of nitrogens with one attached hydrogen (secondary N) is 1. The third-order valence-corrected chi connectivity index (χ3v) is 1.87. The van der Waals surface area contributed by atoms with E-state index in [-0.39, 0.29) is 19.0 Å². The number of carbonyl (C=O) groups is 3. The normalized spacial score (nSPS) is 22.4. The van der Waals surface area contributed by atoms with Crippen molar-refractivity contribution < 1.29 is 19.5 Å². The Balaban J connectivity index is 2.77. The van der Waals surface area contributed by atoms with E-state index in [1.807, 2.05) is 0 Å². The molecule has 1 rings (SSSR count). The fourth-order valence-electron chi connectivity index (χ4n) is 1.19. The van der Waals surface area contributed by atoms with E-state index in [0.29, 0.717) is 0 Å². The number of carboxylic acids is 1. The van der Waals surface area contributed by atoms with Crippen LogP contribution in [0.4, 0.5) is 0 Å². The smallest absolute Gasteiger partial charge is 0.328 e. The van der Waals surface area contributed by atoms with Gasteiger partial charge in [-0.2, -0.15) is 0 Å². The summed E-state index contributed by atoms with van der Waals surface area (Å²) >= 11 is 0. The van der Waals surface area contributed by atoms with Gasteiger partial charge in [-0.05, 0) is 0 Å². The fraction of sp³-hybridized carbons (Fsp3) is 0.571. The molecule has 1 aliphatic rings. The first-order valence-corrected chi connectivity index (χ1v) is 3.79. The topological polar surface area (TPSA) is 86.7 Å². The van der Waals surface area contributed by atoms with Gasteiger partial charge in [-0.3, -0.25) is 9.59 Å². The van der Waals surface area contributed by atoms with Gasteiger partial charge in [-0.1, -0.05) is 0 Å². The van der Waals surface area contributed by atoms with Crippen molar-refractivity contribution in [3.8, 4) is 0 Å². The maximum absolute atomic E-state index is 10.9. The fourth-order valence-corrected chi connectivity index (χ4v) is 1.19. The number of carboxylic acid groups (broad SMARTS) is 1. The van der Waals surface area contributed by atoms with Crippen LogP contribution in [0, 0.1) is 0 Å². The molecule has 1 unspecified atom stereocenters. The summed E-state index contributed by atoms with van der Waals surface area (Å²) in [4.78, 5) is 33.5. The lowest BCUT2D eigenvalue weighted by atomic mass is 10.2. The number of rotatable bonds is 1. The number of amides is 2. The van der Waals surface area contributed by atoms with Crippen molar-refractivity contribution in [2.75, 3.05) is 13.1 Å². The molecule has 0 radical (unpaired) electrons. The van der Waals surface area contributed by atoms with Crippen molar-refractivity contribution in [1.29, 1.82) is 0 Å². The zero-order valence-corrected chi connectivity index (χ0v) is 7.11. The molecule has 6 nitrogen and oxygen atoms in total. The summed E-state index contributed by atoms with van der Waals surface area (Å²) < 4.78 is 0. The molecule has 1 atom stereocenters. The number of nitrogens with zero attached hydrogens (tertiary/aromatic N) is 1. The van der Waals surface area contributed by atoms with Crippen LogP contribution in [0.25, 0.3) is 0 Å². The van der Waals surface area contributed by atoms with Gasteiger partial charge < -0.3 is 15.3 Å². The maximum Gasteiger partial charge on any atom is 0.328 e. The number of aliphatic carboxylic acids is 1. The molecule has 0 bridgehead atoms. The highest BCUT2D eigenvalue weighted by Gasteiger charge is 2.33. The van der Waals surface area contributed by atoms with Gasteiger partial charge in [0.1, 0.15) is 12.6 Å². The number of piperazine rings is 1. The van der Waals surface area contributed by atoms with Gasteiger partial charge in [0.05, 0.1) is 0 Å². The van der Waals surface area contributed by atoms with Crippen LogP contribution in [0.5, 0.6) is 0 Å². The molecule has 0 aromatic carbocycles. The van der Waals surface area contributed by atoms with E-state index in [2.05, 4.69) is 5.32 Å². The van der Waals surface area contributed by atoms with Crippen molar-refractivity contribution in [1.82, 2.24) is 10.2 Å². The van der Waals surface area contributed by atoms with E-state index >= 15 is 0 Å². The Labute approximate surface area is 74.5 Å². The van der Waals surface area contributed by atoms with E-state index < -0.39 is 17.9 Å². The molecule has 0 aromatic heterocycles. The summed E-state index contributed by atoms with van der Waals surface area (Å²) in [6.45, 7) is 1.05. The molecular weight excluding hydrogens is 176 g/mol. The molecule has 1 fully saturated rings. The van der Waals surface area contributed by atoms with E-state index in [1.165, 1.54) is 6.92 Å². The first-order chi connectivity index (χ1) is 6.02. The number of hydrogen-bond acceptors (Lipinski definition) is 3. The lowest BCUT2D eigenvalue weighted by molar-refractivity contribution is -0.153. The summed E-state index contributed by atoms with van der Waals surface area (Å²) in [5.74, 6) is -1.83. The van der Waals surface area contributed by atoms with E-state index in [4.69, 9.17) is 5.11 Å². The molecule has 1 saturated heterocycles. The van der Waals surface area contributed by atoms with Crippen molar-refractivity contribution in [3.63, 3.8) is 0 Å². The predicted octanol–water partition coefficient (Wildman–Crippen LogP) is -1.58. The first kappa shape index (κ1) is 9.50. The van der Waals surface area contributed by atoms with Crippen LogP contribution in [-0.4, -0.2) is 46.9 Å². The molecule has 1 aliphatic heterocycles. The van der Waals surface area contributed by atoms with Crippen LogP contribution in [0.2, 0.25) is 0 Å². The second-order valence-electron chi connectivity index (χ2n) is 2.81. The molecular formula is C7H10N2O4. The second kappa shape index (κ2) is 3.42. The van der Waals surface area contributed by atoms with E-state index in [0.717, 1.165) is 4.90 Å². The standard InChI is InChI=1S/C7H10N2O4/c1-4(10)9-3-6(11)8-2-5(9)7(12)13/h5H,2-3H2,1H3,(H,8,11)(H,12,13). The number of hydrogen-bond donors (Lipinski definition) is 2. The van der Waals surface area contributed by atoms with Crippen molar-refractivity contribution in [3.05, 3.63) is 0 Å². The Morgan fingerprint density at radius 1 is 1.62 bits per heavy atom. The summed E-state index contributed by atoms with van der Waals surface area (Å²) in [6.07, 6.45) is 0. The molecule has 13 heavy (non-hydrogen) atoms. The molecule has 0 aromatic rings. The Morgan fingerprint density at radius 2 is 2.23 bits per heavy atom. The third-order valence-electron chi connectivity index (χ3n) is 1.87. The third kappa shape index (κ3) is 1.95. The maximum atomic E-state index is 10.9. The molecule has 1 heterocycles. The average molecular weight is 186 g/mol. The molecule has 2 N–H and O–H groups in total. The van der Waals surface area contributed by atoms with Crippen LogP contribution >= 0.6 is 0 Å². The Kier molecular flexibility index (Phi) is 2.50. The zero-order valence-electron chi connectivity index (χ0n) is 7.11. The molecule has 72 valence electrons. The number of carbonyl (C=O) groups excluding carboxylic acids is 2. The zero-order chi connectivity index (χ0) is 10.0. The lowest BCUT2D eigenvalue weighted by Crippen LogP contribution is -2.58. The Morgan fingerprint density at radius 3 is 2.69 bits per heavy atom. The van der Waals surface area contributed by atoms with Crippen molar-refractivity contribution in [2.45, 2.75) is 13.0 Å². The quantitative estimate of drug-likeness (QED) is 0.517. The van der Waals surface area contributed by atoms with Gasteiger partial charge in [0.25, 0.3) is 0 Å². The minimum atomic E-state index is -1.10. The first-order valence-electron chi connectivity index (χ1n) is 3.79. The Bertz CT molecular complexity index is 263. The highest BCUT2D eigenvalue weighted by Crippen LogP contribution is 2.04. The molecule has 0 spiro atoms. The van der Waals surface area contributed by atoms with Crippen LogP contribution in [0.1, 0.15) is 6.92 Å². The van der Waals surface area contributed by atoms with Gasteiger partial charge in [0, 0.05) is 13.5 Å². The summed E-state index contributed by atoms with van der Waals surface area (Å²) in [7, 11) is 0. The van der Waals surface area contributed by atoms with Gasteiger partial charge in [-0.25, -0.2) is 4.79 Å². The Hall–Kier alpha value is -1.59. The summed E-state index contributed by atoms with van der Waals surface area (Å²) in [5.41, 5.74) is 0. The monoisotopic (exact) mass is 186 g/mol. The molecule has 0 saturated carbocycles. The van der Waals surface area contributed by atoms with Crippen LogP contribution in [0.15, 0.2) is 0 Å².